The topological polar surface area (TPSA) is 61.8 Å². The van der Waals surface area contributed by atoms with Crippen molar-refractivity contribution >= 4 is 39.2 Å². The summed E-state index contributed by atoms with van der Waals surface area (Å²) in [5.41, 5.74) is 0.402. The lowest BCUT2D eigenvalue weighted by Crippen LogP contribution is -2.67. The third kappa shape index (κ3) is 4.97. The van der Waals surface area contributed by atoms with E-state index in [0.29, 0.717) is 0 Å². The number of methoxy groups -OCH3 is 1. The van der Waals surface area contributed by atoms with Crippen molar-refractivity contribution < 1.29 is 14.6 Å². The number of nitrogens with zero attached hydrogens (tertiary/aromatic N) is 1. The second kappa shape index (κ2) is 10.1. The van der Waals surface area contributed by atoms with Crippen LogP contribution in [0.3, 0.4) is 0 Å². The van der Waals surface area contributed by atoms with E-state index < -0.39 is 0 Å². The van der Waals surface area contributed by atoms with Gasteiger partial charge >= 0.3 is 0 Å². The van der Waals surface area contributed by atoms with Gasteiger partial charge in [-0.15, -0.1) is 17.9 Å². The first kappa shape index (κ1) is 24.2. The summed E-state index contributed by atoms with van der Waals surface area (Å²) in [5.74, 6) is 0.182. The molecular weight excluding hydrogens is 500 g/mol. The van der Waals surface area contributed by atoms with Crippen LogP contribution in [0.25, 0.3) is 6.08 Å². The van der Waals surface area contributed by atoms with Crippen molar-refractivity contribution in [3.63, 3.8) is 0 Å². The molecule has 4 rings (SSSR count). The molecule has 2 aromatic rings. The van der Waals surface area contributed by atoms with Crippen molar-refractivity contribution in [2.45, 2.75) is 42.7 Å². The zero-order valence-corrected chi connectivity index (χ0v) is 21.3. The van der Waals surface area contributed by atoms with Crippen LogP contribution in [0.2, 0.25) is 0 Å². The van der Waals surface area contributed by atoms with Gasteiger partial charge in [0.05, 0.1) is 5.60 Å². The van der Waals surface area contributed by atoms with Gasteiger partial charge in [-0.2, -0.15) is 0 Å². The monoisotopic (exact) mass is 530 g/mol. The smallest absolute Gasteiger partial charge is 0.244 e. The number of thiophene rings is 1. The Morgan fingerprint density at radius 3 is 2.97 bits per heavy atom. The Morgan fingerprint density at radius 1 is 1.42 bits per heavy atom. The number of phenols is 1. The lowest BCUT2D eigenvalue weighted by molar-refractivity contribution is -0.148. The molecule has 1 aromatic carbocycles. The molecule has 1 saturated heterocycles. The maximum Gasteiger partial charge on any atom is 0.244 e. The fourth-order valence-corrected chi connectivity index (χ4v) is 7.02. The predicted molar refractivity (Wildman–Crippen MR) is 138 cm³/mol. The maximum atomic E-state index is 12.7. The van der Waals surface area contributed by atoms with Crippen molar-refractivity contribution in [1.82, 2.24) is 10.2 Å². The van der Waals surface area contributed by atoms with Crippen LogP contribution >= 0.6 is 27.3 Å². The second-order valence-electron chi connectivity index (χ2n) is 9.05. The average Bonchev–Trinajstić information content (AvgIpc) is 3.23. The van der Waals surface area contributed by atoms with Gasteiger partial charge in [-0.1, -0.05) is 18.2 Å². The zero-order valence-electron chi connectivity index (χ0n) is 18.9. The summed E-state index contributed by atoms with van der Waals surface area (Å²) in [6.45, 7) is 6.45. The quantitative estimate of drug-likeness (QED) is 0.385. The number of nitrogens with one attached hydrogen (secondary N) is 1. The molecule has 5 nitrogen and oxygen atoms in total. The van der Waals surface area contributed by atoms with Gasteiger partial charge in [0.15, 0.2) is 0 Å². The molecule has 33 heavy (non-hydrogen) atoms. The Kier molecular flexibility index (Phi) is 7.43. The number of likely N-dealkylation sites (tertiary alicyclic amines) is 1. The van der Waals surface area contributed by atoms with Gasteiger partial charge in [-0.25, -0.2) is 0 Å². The number of halogens is 1. The zero-order chi connectivity index (χ0) is 23.5. The number of carbonyl (C=O) groups is 1. The van der Waals surface area contributed by atoms with Crippen molar-refractivity contribution in [2.24, 2.45) is 0 Å². The lowest BCUT2D eigenvalue weighted by Gasteiger charge is -2.59. The van der Waals surface area contributed by atoms with Crippen LogP contribution in [0, 0.1) is 0 Å². The molecule has 1 saturated carbocycles. The summed E-state index contributed by atoms with van der Waals surface area (Å²) < 4.78 is 7.35. The number of amides is 1. The largest absolute Gasteiger partial charge is 0.508 e. The van der Waals surface area contributed by atoms with E-state index in [-0.39, 0.29) is 28.7 Å². The van der Waals surface area contributed by atoms with Crippen molar-refractivity contribution in [3.8, 4) is 5.75 Å². The molecule has 1 aliphatic carbocycles. The normalized spacial score (nSPS) is 27.9. The first-order valence-electron chi connectivity index (χ1n) is 11.3. The molecule has 3 atom stereocenters. The molecule has 1 amide bonds. The minimum Gasteiger partial charge on any atom is -0.508 e. The molecule has 2 fully saturated rings. The summed E-state index contributed by atoms with van der Waals surface area (Å²) in [7, 11) is 1.80. The van der Waals surface area contributed by atoms with Crippen LogP contribution in [-0.2, 0) is 14.9 Å². The summed E-state index contributed by atoms with van der Waals surface area (Å²) in [6.07, 6.45) is 8.75. The minimum absolute atomic E-state index is 0.0359. The summed E-state index contributed by atoms with van der Waals surface area (Å²) in [6, 6.07) is 9.60. The van der Waals surface area contributed by atoms with Crippen LogP contribution in [0.15, 0.2) is 58.9 Å². The molecule has 1 aromatic heterocycles. The van der Waals surface area contributed by atoms with Gasteiger partial charge < -0.3 is 15.2 Å². The van der Waals surface area contributed by atoms with E-state index in [0.717, 1.165) is 60.2 Å². The molecule has 176 valence electrons. The molecule has 1 aliphatic heterocycles. The highest BCUT2D eigenvalue weighted by molar-refractivity contribution is 9.10. The number of aromatic hydroxyl groups is 1. The van der Waals surface area contributed by atoms with E-state index in [1.165, 1.54) is 0 Å². The number of piperidine rings is 1. The SMILES string of the molecule is C=CCN1CC[C@@]2(c3cccc(O)c3)C[C@@H](NC(=O)/C=C/c3cc(Br)cs3)CC[C@]2(OC)C1. The highest BCUT2D eigenvalue weighted by atomic mass is 79.9. The number of ether oxygens (including phenoxy) is 1. The summed E-state index contributed by atoms with van der Waals surface area (Å²) in [4.78, 5) is 16.2. The van der Waals surface area contributed by atoms with Crippen molar-refractivity contribution in [1.29, 1.82) is 0 Å². The Bertz CT molecular complexity index is 1040. The fraction of sp³-hybridized carbons (Fsp3) is 0.423. The van der Waals surface area contributed by atoms with E-state index in [1.807, 2.05) is 35.7 Å². The third-order valence-electron chi connectivity index (χ3n) is 7.21. The van der Waals surface area contributed by atoms with Crippen LogP contribution in [0.5, 0.6) is 5.75 Å². The van der Waals surface area contributed by atoms with Crippen LogP contribution < -0.4 is 5.32 Å². The first-order chi connectivity index (χ1) is 15.9. The molecule has 7 heteroatoms. The number of hydrogen-bond donors (Lipinski definition) is 2. The number of fused-ring (bicyclic) bond motifs is 1. The van der Waals surface area contributed by atoms with Gasteiger partial charge in [-0.3, -0.25) is 9.69 Å². The molecule has 0 radical (unpaired) electrons. The number of benzene rings is 1. The molecule has 0 unspecified atom stereocenters. The maximum absolute atomic E-state index is 12.7. The summed E-state index contributed by atoms with van der Waals surface area (Å²) in [5, 5.41) is 15.5. The second-order valence-corrected chi connectivity index (χ2v) is 10.9. The molecule has 2 heterocycles. The van der Waals surface area contributed by atoms with Gasteiger partial charge in [0, 0.05) is 52.5 Å². The van der Waals surface area contributed by atoms with Gasteiger partial charge in [0.1, 0.15) is 5.75 Å². The fourth-order valence-electron chi connectivity index (χ4n) is 5.68. The number of carbonyl (C=O) groups excluding carboxylic acids is 1. The van der Waals surface area contributed by atoms with Gasteiger partial charge in [-0.05, 0) is 78.0 Å². The van der Waals surface area contributed by atoms with E-state index in [1.54, 1.807) is 30.6 Å². The predicted octanol–water partition coefficient (Wildman–Crippen LogP) is 5.11. The Balaban J connectivity index is 1.59. The Labute approximate surface area is 208 Å². The number of phenolic OH excluding ortho intramolecular Hbond substituents is 1. The third-order valence-corrected chi connectivity index (χ3v) is 8.87. The molecular formula is C26H31BrN2O3S. The summed E-state index contributed by atoms with van der Waals surface area (Å²) >= 11 is 5.04. The van der Waals surface area contributed by atoms with Gasteiger partial charge in [0.2, 0.25) is 5.91 Å². The van der Waals surface area contributed by atoms with Crippen molar-refractivity contribution in [2.75, 3.05) is 26.7 Å². The highest BCUT2D eigenvalue weighted by Gasteiger charge is 2.58. The molecule has 2 aliphatic rings. The number of rotatable bonds is 7. The van der Waals surface area contributed by atoms with Crippen LogP contribution in [-0.4, -0.2) is 54.3 Å². The molecule has 0 bridgehead atoms. The molecule has 2 N–H and O–H groups in total. The minimum atomic E-state index is -0.387. The Hall–Kier alpha value is -1.93. The molecule has 0 spiro atoms. The van der Waals surface area contributed by atoms with E-state index in [2.05, 4.69) is 38.8 Å². The highest BCUT2D eigenvalue weighted by Crippen LogP contribution is 2.53. The standard InChI is InChI=1S/C26H31BrN2O3S/c1-3-12-29-13-11-25(19-5-4-6-22(30)14-19)16-21(9-10-26(25,18-29)32-2)28-24(31)8-7-23-15-20(27)17-33-23/h3-8,14-15,17,21,30H,1,9-13,16,18H2,2H3,(H,28,31)/b8-7+/t21-,25-,26-/m0/s1. The van der Waals surface area contributed by atoms with E-state index >= 15 is 0 Å². The van der Waals surface area contributed by atoms with E-state index in [9.17, 15) is 9.90 Å². The van der Waals surface area contributed by atoms with E-state index in [4.69, 9.17) is 4.74 Å². The van der Waals surface area contributed by atoms with Gasteiger partial charge in [0.25, 0.3) is 0 Å². The first-order valence-corrected chi connectivity index (χ1v) is 13.0. The average molecular weight is 532 g/mol. The van der Waals surface area contributed by atoms with Crippen LogP contribution in [0.4, 0.5) is 0 Å². The van der Waals surface area contributed by atoms with Crippen LogP contribution in [0.1, 0.15) is 36.1 Å². The van der Waals surface area contributed by atoms with Crippen molar-refractivity contribution in [3.05, 3.63) is 69.4 Å². The Morgan fingerprint density at radius 2 is 2.27 bits per heavy atom. The lowest BCUT2D eigenvalue weighted by atomic mass is 9.55. The number of hydrogen-bond acceptors (Lipinski definition) is 5.